The molecule has 2 heterocycles. The first-order chi connectivity index (χ1) is 9.97. The van der Waals surface area contributed by atoms with Crippen LogP contribution in [0.25, 0.3) is 0 Å². The maximum Gasteiger partial charge on any atom is 0.244 e. The average molecular weight is 343 g/mol. The first-order valence-corrected chi connectivity index (χ1v) is 9.67. The fraction of sp³-hybridized carbons (Fsp3) is 0.385. The van der Waals surface area contributed by atoms with Gasteiger partial charge < -0.3 is 0 Å². The van der Waals surface area contributed by atoms with E-state index in [9.17, 15) is 8.42 Å². The van der Waals surface area contributed by atoms with Gasteiger partial charge in [0.2, 0.25) is 10.0 Å². The number of aryl methyl sites for hydroxylation is 1. The smallest absolute Gasteiger partial charge is 0.244 e. The van der Waals surface area contributed by atoms with E-state index in [0.717, 1.165) is 15.1 Å². The number of hydrogen-bond acceptors (Lipinski definition) is 6. The summed E-state index contributed by atoms with van der Waals surface area (Å²) >= 11 is 2.99. The molecular formula is C13H17N3O2S3. The van der Waals surface area contributed by atoms with Crippen molar-refractivity contribution in [2.45, 2.75) is 35.0 Å². The summed E-state index contributed by atoms with van der Waals surface area (Å²) < 4.78 is 27.0. The lowest BCUT2D eigenvalue weighted by Gasteiger charge is -2.18. The molecule has 0 spiro atoms. The molecule has 21 heavy (non-hydrogen) atoms. The van der Waals surface area contributed by atoms with Crippen molar-refractivity contribution in [1.82, 2.24) is 14.3 Å². The summed E-state index contributed by atoms with van der Waals surface area (Å²) in [6, 6.07) is 3.32. The number of sulfonamides is 1. The van der Waals surface area contributed by atoms with Gasteiger partial charge in [-0.3, -0.25) is 0 Å². The molecule has 0 saturated carbocycles. The third-order valence-corrected chi connectivity index (χ3v) is 6.88. The monoisotopic (exact) mass is 343 g/mol. The van der Waals surface area contributed by atoms with E-state index in [0.29, 0.717) is 13.1 Å². The number of hydrogen-bond donors (Lipinski definition) is 0. The molecule has 5 nitrogen and oxygen atoms in total. The molecule has 0 amide bonds. The van der Waals surface area contributed by atoms with Crippen molar-refractivity contribution in [2.24, 2.45) is 0 Å². The van der Waals surface area contributed by atoms with Crippen LogP contribution in [-0.2, 0) is 10.0 Å². The third kappa shape index (κ3) is 3.82. The number of thiazole rings is 1. The molecule has 0 aromatic carbocycles. The molecule has 0 fully saturated rings. The first kappa shape index (κ1) is 16.4. The zero-order valence-corrected chi connectivity index (χ0v) is 14.6. The molecule has 0 aliphatic heterocycles. The molecule has 2 rings (SSSR count). The van der Waals surface area contributed by atoms with Gasteiger partial charge in [0.05, 0.1) is 0 Å². The second-order valence-corrected chi connectivity index (χ2v) is 8.34. The predicted molar refractivity (Wildman–Crippen MR) is 85.3 cm³/mol. The molecule has 2 aromatic rings. The van der Waals surface area contributed by atoms with Crippen LogP contribution in [-0.4, -0.2) is 35.8 Å². The lowest BCUT2D eigenvalue weighted by Crippen LogP contribution is -2.30. The van der Waals surface area contributed by atoms with Crippen LogP contribution in [0.3, 0.4) is 0 Å². The van der Waals surface area contributed by atoms with Crippen LogP contribution in [0.2, 0.25) is 0 Å². The summed E-state index contributed by atoms with van der Waals surface area (Å²) in [4.78, 5) is 8.80. The van der Waals surface area contributed by atoms with E-state index < -0.39 is 10.0 Å². The lowest BCUT2D eigenvalue weighted by molar-refractivity contribution is 0.445. The minimum absolute atomic E-state index is 0.228. The van der Waals surface area contributed by atoms with E-state index in [1.165, 1.54) is 22.3 Å². The number of nitrogens with zero attached hydrogens (tertiary/aromatic N) is 3. The van der Waals surface area contributed by atoms with Gasteiger partial charge in [-0.2, -0.15) is 4.31 Å². The summed E-state index contributed by atoms with van der Waals surface area (Å²) in [5.74, 6) is 0. The van der Waals surface area contributed by atoms with Gasteiger partial charge in [-0.1, -0.05) is 13.8 Å². The third-order valence-electron chi connectivity index (χ3n) is 2.84. The molecule has 0 saturated heterocycles. The largest absolute Gasteiger partial charge is 0.248 e. The van der Waals surface area contributed by atoms with Crippen molar-refractivity contribution in [3.8, 4) is 0 Å². The van der Waals surface area contributed by atoms with Crippen molar-refractivity contribution in [3.63, 3.8) is 0 Å². The van der Waals surface area contributed by atoms with Gasteiger partial charge in [-0.15, -0.1) is 11.3 Å². The predicted octanol–water partition coefficient (Wildman–Crippen LogP) is 3.03. The Hall–Kier alpha value is -0.960. The van der Waals surface area contributed by atoms with Crippen LogP contribution in [0.15, 0.2) is 38.0 Å². The Bertz CT molecular complexity index is 692. The van der Waals surface area contributed by atoms with Gasteiger partial charge in [0.15, 0.2) is 4.34 Å². The fourth-order valence-corrected chi connectivity index (χ4v) is 4.89. The minimum atomic E-state index is -3.44. The summed E-state index contributed by atoms with van der Waals surface area (Å²) in [6.45, 7) is 6.49. The normalized spacial score (nSPS) is 12.0. The zero-order chi connectivity index (χ0) is 15.5. The Morgan fingerprint density at radius 2 is 2.00 bits per heavy atom. The van der Waals surface area contributed by atoms with E-state index in [1.54, 1.807) is 23.5 Å². The highest BCUT2D eigenvalue weighted by Crippen LogP contribution is 2.29. The topological polar surface area (TPSA) is 63.2 Å². The minimum Gasteiger partial charge on any atom is -0.248 e. The Morgan fingerprint density at radius 1 is 1.29 bits per heavy atom. The fourth-order valence-electron chi connectivity index (χ4n) is 1.76. The van der Waals surface area contributed by atoms with E-state index in [-0.39, 0.29) is 4.90 Å². The van der Waals surface area contributed by atoms with Gasteiger partial charge >= 0.3 is 0 Å². The van der Waals surface area contributed by atoms with Crippen LogP contribution < -0.4 is 0 Å². The van der Waals surface area contributed by atoms with Crippen LogP contribution in [0.4, 0.5) is 0 Å². The molecule has 2 aromatic heterocycles. The van der Waals surface area contributed by atoms with Gasteiger partial charge in [0.1, 0.15) is 9.92 Å². The summed E-state index contributed by atoms with van der Waals surface area (Å²) in [6.07, 6.45) is 1.41. The number of rotatable bonds is 6. The molecule has 114 valence electrons. The highest BCUT2D eigenvalue weighted by molar-refractivity contribution is 8.01. The van der Waals surface area contributed by atoms with Gasteiger partial charge in [-0.05, 0) is 30.8 Å². The summed E-state index contributed by atoms with van der Waals surface area (Å²) in [5.41, 5.74) is 0.975. The van der Waals surface area contributed by atoms with Crippen LogP contribution in [0, 0.1) is 6.92 Å². The lowest BCUT2D eigenvalue weighted by atomic mass is 10.5. The molecule has 0 N–H and O–H groups in total. The quantitative estimate of drug-likeness (QED) is 0.807. The Balaban J connectivity index is 2.19. The summed E-state index contributed by atoms with van der Waals surface area (Å²) in [5, 5.41) is 2.71. The highest BCUT2D eigenvalue weighted by atomic mass is 32.2. The summed E-state index contributed by atoms with van der Waals surface area (Å²) in [7, 11) is -3.44. The van der Waals surface area contributed by atoms with Crippen LogP contribution in [0.1, 0.15) is 19.5 Å². The molecule has 0 aliphatic rings. The maximum absolute atomic E-state index is 12.3. The Kier molecular flexibility index (Phi) is 5.37. The molecular weight excluding hydrogens is 326 g/mol. The molecule has 0 radical (unpaired) electrons. The van der Waals surface area contributed by atoms with Gasteiger partial charge in [0.25, 0.3) is 0 Å². The van der Waals surface area contributed by atoms with Crippen molar-refractivity contribution in [1.29, 1.82) is 0 Å². The van der Waals surface area contributed by atoms with Crippen LogP contribution in [0.5, 0.6) is 0 Å². The Morgan fingerprint density at radius 3 is 2.48 bits per heavy atom. The van der Waals surface area contributed by atoms with E-state index in [2.05, 4.69) is 9.97 Å². The SMILES string of the molecule is CCN(CC)S(=O)(=O)c1ccc(Sc2nc(C)cs2)nc1. The second-order valence-electron chi connectivity index (χ2n) is 4.28. The van der Waals surface area contributed by atoms with E-state index in [1.807, 2.05) is 26.2 Å². The zero-order valence-electron chi connectivity index (χ0n) is 12.1. The van der Waals surface area contributed by atoms with Crippen molar-refractivity contribution < 1.29 is 8.42 Å². The van der Waals surface area contributed by atoms with Crippen molar-refractivity contribution >= 4 is 33.1 Å². The number of aromatic nitrogens is 2. The molecule has 0 aliphatic carbocycles. The van der Waals surface area contributed by atoms with Gasteiger partial charge in [0, 0.05) is 30.4 Å². The highest BCUT2D eigenvalue weighted by Gasteiger charge is 2.21. The second kappa shape index (κ2) is 6.87. The maximum atomic E-state index is 12.3. The van der Waals surface area contributed by atoms with Gasteiger partial charge in [-0.25, -0.2) is 18.4 Å². The van der Waals surface area contributed by atoms with Crippen molar-refractivity contribution in [3.05, 3.63) is 29.4 Å². The van der Waals surface area contributed by atoms with E-state index in [4.69, 9.17) is 0 Å². The molecule has 0 atom stereocenters. The number of pyridine rings is 1. The standard InChI is InChI=1S/C13H17N3O2S3/c1-4-16(5-2)21(17,18)11-6-7-12(14-8-11)20-13-15-10(3)9-19-13/h6-9H,4-5H2,1-3H3. The molecule has 8 heteroatoms. The van der Waals surface area contributed by atoms with Crippen molar-refractivity contribution in [2.75, 3.05) is 13.1 Å². The average Bonchev–Trinajstić information content (AvgIpc) is 2.86. The first-order valence-electron chi connectivity index (χ1n) is 6.53. The molecule has 0 bridgehead atoms. The Labute approximate surface area is 133 Å². The molecule has 0 unspecified atom stereocenters. The van der Waals surface area contributed by atoms with E-state index >= 15 is 0 Å². The van der Waals surface area contributed by atoms with Crippen LogP contribution >= 0.6 is 23.1 Å².